The number of carbonyl (C=O) groups is 2. The second-order valence-electron chi connectivity index (χ2n) is 31.4. The average molecular weight is 1460 g/mol. The molecule has 33 heteroatoms. The molecule has 0 aromatic carbocycles. The number of cyclic esters (lactones) is 1. The summed E-state index contributed by atoms with van der Waals surface area (Å²) < 4.78 is 95.7. The first-order valence-corrected chi connectivity index (χ1v) is 35.6. The predicted octanol–water partition coefficient (Wildman–Crippen LogP) is -3.85. The van der Waals surface area contributed by atoms with Gasteiger partial charge in [-0.25, -0.2) is 0 Å². The van der Waals surface area contributed by atoms with Crippen molar-refractivity contribution in [1.29, 1.82) is 0 Å². The van der Waals surface area contributed by atoms with Crippen LogP contribution in [0.25, 0.3) is 0 Å². The van der Waals surface area contributed by atoms with Gasteiger partial charge in [0.2, 0.25) is 0 Å². The molecule has 7 heterocycles. The molecular weight excluding hydrogens is 1340 g/mol. The van der Waals surface area contributed by atoms with Gasteiger partial charge in [-0.1, -0.05) is 53.2 Å². The van der Waals surface area contributed by atoms with Crippen LogP contribution in [0, 0.1) is 45.3 Å². The van der Waals surface area contributed by atoms with Crippen LogP contribution >= 0.6 is 0 Å². The SMILES string of the molecule is COC1C(O)[C@H](OC2C(O)[C@H](O[C@@H]3CO[C@@H](OC4C(O)[C@H](O[C@@H]5OC(CO)[C@@H](O)C(O[C@@H]6OC(CO)[C@@H](O)C(OC)C6O)C5O)CO[C@H]4O[C@H]4CC[C@]5(C)[C@@H]6CCC78C(=O)O[C@@](C)(C[C@H](CC(C)C)OC(C)=O)[C@H]7CC[C@@]8(C)C6=CC[C@H]5C4(C)C)C(O)C3O)OC(CO)[C@H]2O)OC(CO)[C@H]1O. The van der Waals surface area contributed by atoms with Crippen LogP contribution in [-0.2, 0) is 85.4 Å². The fourth-order valence-corrected chi connectivity index (χ4v) is 19.5. The Morgan fingerprint density at radius 2 is 0.990 bits per heavy atom. The topological polar surface area (TPSA) is 485 Å². The molecule has 3 saturated carbocycles. The van der Waals surface area contributed by atoms with Gasteiger partial charge in [-0.3, -0.25) is 9.59 Å². The van der Waals surface area contributed by atoms with Crippen LogP contribution in [0.1, 0.15) is 113 Å². The van der Waals surface area contributed by atoms with Crippen molar-refractivity contribution in [3.05, 3.63) is 11.6 Å². The van der Waals surface area contributed by atoms with Crippen LogP contribution in [0.15, 0.2) is 11.6 Å². The van der Waals surface area contributed by atoms with Crippen LogP contribution in [0.3, 0.4) is 0 Å². The van der Waals surface area contributed by atoms with Gasteiger partial charge in [-0.05, 0) is 86.9 Å². The maximum atomic E-state index is 14.8. The molecule has 0 bridgehead atoms. The summed E-state index contributed by atoms with van der Waals surface area (Å²) in [4.78, 5) is 27.1. The lowest BCUT2D eigenvalue weighted by molar-refractivity contribution is -0.392. The van der Waals surface area contributed by atoms with E-state index in [0.717, 1.165) is 19.3 Å². The largest absolute Gasteiger partial charge is 0.462 e. The second kappa shape index (κ2) is 31.2. The number of carbonyl (C=O) groups excluding carboxylic acids is 2. The molecule has 0 amide bonds. The molecule has 11 aliphatic rings. The van der Waals surface area contributed by atoms with Crippen molar-refractivity contribution >= 4 is 11.9 Å². The summed E-state index contributed by atoms with van der Waals surface area (Å²) in [5.74, 6) is -0.393. The number of methoxy groups -OCH3 is 2. The summed E-state index contributed by atoms with van der Waals surface area (Å²) in [6.07, 6.45) is -40.7. The predicted molar refractivity (Wildman–Crippen MR) is 337 cm³/mol. The summed E-state index contributed by atoms with van der Waals surface area (Å²) in [5, 5.41) is 167. The lowest BCUT2D eigenvalue weighted by Gasteiger charge is -2.64. The van der Waals surface area contributed by atoms with Gasteiger partial charge in [0.05, 0.1) is 51.2 Å². The van der Waals surface area contributed by atoms with Crippen LogP contribution in [0.5, 0.6) is 0 Å². The Labute approximate surface area is 585 Å². The molecule has 7 saturated heterocycles. The zero-order valence-corrected chi connectivity index (χ0v) is 58.9. The number of ether oxygens (including phenoxy) is 16. The molecule has 4 aliphatic carbocycles. The molecule has 0 aromatic rings. The highest BCUT2D eigenvalue weighted by atomic mass is 16.8. The van der Waals surface area contributed by atoms with E-state index in [-0.39, 0.29) is 41.0 Å². The first-order chi connectivity index (χ1) is 47.7. The van der Waals surface area contributed by atoms with Crippen molar-refractivity contribution in [2.45, 2.75) is 303 Å². The second-order valence-corrected chi connectivity index (χ2v) is 31.4. The van der Waals surface area contributed by atoms with E-state index in [1.165, 1.54) is 26.7 Å². The van der Waals surface area contributed by atoms with E-state index in [1.54, 1.807) is 0 Å². The number of hydrogen-bond acceptors (Lipinski definition) is 33. The molecule has 101 heavy (non-hydrogen) atoms. The van der Waals surface area contributed by atoms with Gasteiger partial charge in [0.15, 0.2) is 37.7 Å². The normalized spacial score (nSPS) is 50.9. The number of aliphatic hydroxyl groups is 15. The maximum Gasteiger partial charge on any atom is 0.313 e. The quantitative estimate of drug-likeness (QED) is 0.0344. The van der Waals surface area contributed by atoms with E-state index < -0.39 is 246 Å². The minimum Gasteiger partial charge on any atom is -0.462 e. The van der Waals surface area contributed by atoms with Gasteiger partial charge in [-0.2, -0.15) is 0 Å². The molecule has 10 fully saturated rings. The van der Waals surface area contributed by atoms with E-state index in [2.05, 4.69) is 47.6 Å². The molecule has 11 rings (SSSR count). The highest BCUT2D eigenvalue weighted by Crippen LogP contribution is 2.76. The molecular formula is C68H110O33. The van der Waals surface area contributed by atoms with Crippen LogP contribution < -0.4 is 0 Å². The molecule has 0 aromatic heterocycles. The lowest BCUT2D eigenvalue weighted by Crippen LogP contribution is -2.67. The summed E-state index contributed by atoms with van der Waals surface area (Å²) in [6.45, 7) is 11.9. The number of rotatable bonds is 23. The Bertz CT molecular complexity index is 2820. The third-order valence-electron chi connectivity index (χ3n) is 24.8. The average Bonchev–Trinajstić information content (AvgIpc) is 1.53. The van der Waals surface area contributed by atoms with Crippen molar-refractivity contribution in [3.8, 4) is 0 Å². The fourth-order valence-electron chi connectivity index (χ4n) is 19.5. The third-order valence-corrected chi connectivity index (χ3v) is 24.8. The van der Waals surface area contributed by atoms with Crippen molar-refractivity contribution in [3.63, 3.8) is 0 Å². The number of fused-ring (bicyclic) bond motifs is 4. The molecule has 1 spiro atoms. The monoisotopic (exact) mass is 1450 g/mol. The molecule has 0 radical (unpaired) electrons. The highest BCUT2D eigenvalue weighted by molar-refractivity contribution is 5.83. The first kappa shape index (κ1) is 79.6. The van der Waals surface area contributed by atoms with E-state index >= 15 is 0 Å². The van der Waals surface area contributed by atoms with Crippen LogP contribution in [0.2, 0.25) is 0 Å². The third kappa shape index (κ3) is 14.3. The van der Waals surface area contributed by atoms with Crippen molar-refractivity contribution in [2.75, 3.05) is 53.9 Å². The van der Waals surface area contributed by atoms with Gasteiger partial charge < -0.3 is 152 Å². The summed E-state index contributed by atoms with van der Waals surface area (Å²) in [6, 6.07) is 0. The Morgan fingerprint density at radius 3 is 1.48 bits per heavy atom. The maximum absolute atomic E-state index is 14.8. The molecule has 17 unspecified atom stereocenters. The van der Waals surface area contributed by atoms with Crippen LogP contribution in [0.4, 0.5) is 0 Å². The summed E-state index contributed by atoms with van der Waals surface area (Å²) in [5.41, 5.74) is -1.86. The zero-order valence-electron chi connectivity index (χ0n) is 58.9. The molecule has 15 N–H and O–H groups in total. The number of esters is 2. The van der Waals surface area contributed by atoms with Crippen molar-refractivity contribution in [2.24, 2.45) is 45.3 Å². The zero-order chi connectivity index (χ0) is 73.5. The Hall–Kier alpha value is -2.48. The first-order valence-electron chi connectivity index (χ1n) is 35.6. The molecule has 580 valence electrons. The van der Waals surface area contributed by atoms with E-state index in [9.17, 15) is 86.2 Å². The smallest absolute Gasteiger partial charge is 0.313 e. The lowest BCUT2D eigenvalue weighted by atomic mass is 9.41. The van der Waals surface area contributed by atoms with Gasteiger partial charge >= 0.3 is 11.9 Å². The molecule has 7 aliphatic heterocycles. The van der Waals surface area contributed by atoms with Gasteiger partial charge in [-0.15, -0.1) is 0 Å². The Morgan fingerprint density at radius 1 is 0.525 bits per heavy atom. The fraction of sp³-hybridized carbons (Fsp3) is 0.941. The van der Waals surface area contributed by atoms with Crippen LogP contribution in [-0.4, -0.2) is 332 Å². The summed E-state index contributed by atoms with van der Waals surface area (Å²) in [7, 11) is 2.36. The van der Waals surface area contributed by atoms with Crippen molar-refractivity contribution < 1.29 is 162 Å². The van der Waals surface area contributed by atoms with Gasteiger partial charge in [0, 0.05) is 38.9 Å². The Balaban J connectivity index is 0.827. The minimum atomic E-state index is -2.06. The standard InChI is InChI=1S/C68H110O33/c1-27(2)19-29(90-28(3)73)20-67(8)39-14-17-66(7)31-11-12-38-64(4,5)40(15-16-65(38,6)30(31)13-18-68(39,66)63(85)101-67)97-62-56(46(79)37(26-89-62)96-59-51(84)55(45(78)35(24-72)92-59)99-61-49(82)53(87-10)43(76)33(22-70)94-61)100-57-47(80)41(74)36(25-88-57)95-58-50(83)54(44(77)34(23-71)91-58)98-60-48(81)52(86-9)42(75)32(21-69)93-60/h11,27,29-30,32-62,69-72,74-84H,12-26H2,1-10H3/t29-,30+,32?,33?,34?,35?,36+,37+,38-,39+,40-,41?,42+,43+,44+,45+,46?,47?,48?,49?,50?,51?,52?,53?,54?,55?,56?,57-,58-,59-,60-,61-,62-,65+,66-,67-,68?/m0/s1. The van der Waals surface area contributed by atoms with E-state index in [4.69, 9.17) is 75.8 Å². The number of hydrogen-bond donors (Lipinski definition) is 15. The summed E-state index contributed by atoms with van der Waals surface area (Å²) >= 11 is 0. The van der Waals surface area contributed by atoms with E-state index in [1.807, 2.05) is 6.92 Å². The number of aliphatic hydroxyl groups excluding tert-OH is 15. The number of allylic oxidation sites excluding steroid dienone is 2. The molecule has 33 nitrogen and oxygen atoms in total. The van der Waals surface area contributed by atoms with Gasteiger partial charge in [0.1, 0.15) is 146 Å². The molecule has 37 atom stereocenters. The van der Waals surface area contributed by atoms with Gasteiger partial charge in [0.25, 0.3) is 0 Å². The van der Waals surface area contributed by atoms with Crippen molar-refractivity contribution in [1.82, 2.24) is 0 Å². The van der Waals surface area contributed by atoms with E-state index in [0.29, 0.717) is 38.5 Å². The highest BCUT2D eigenvalue weighted by Gasteiger charge is 2.77. The minimum absolute atomic E-state index is 0.0273. The Kier molecular flexibility index (Phi) is 24.6.